The third kappa shape index (κ3) is 5.64. The van der Waals surface area contributed by atoms with Crippen molar-refractivity contribution in [3.63, 3.8) is 0 Å². The molecule has 2 heterocycles. The fourth-order valence-electron chi connectivity index (χ4n) is 3.75. The van der Waals surface area contributed by atoms with Crippen LogP contribution in [0.1, 0.15) is 39.5 Å². The highest BCUT2D eigenvalue weighted by atomic mass is 16.2. The topological polar surface area (TPSA) is 113 Å². The van der Waals surface area contributed by atoms with E-state index in [2.05, 4.69) is 45.7 Å². The predicted octanol–water partition coefficient (Wildman–Crippen LogP) is 3.87. The number of hydrogen-bond acceptors (Lipinski definition) is 4. The van der Waals surface area contributed by atoms with Gasteiger partial charge < -0.3 is 21.4 Å². The molecule has 5 N–H and O–H groups in total. The van der Waals surface area contributed by atoms with Crippen LogP contribution in [0.2, 0.25) is 0 Å². The first kappa shape index (κ1) is 22.2. The monoisotopic (exact) mass is 441 g/mol. The first-order valence-corrected chi connectivity index (χ1v) is 10.9. The van der Waals surface area contributed by atoms with Crippen LogP contribution in [0.5, 0.6) is 0 Å². The van der Waals surface area contributed by atoms with Crippen molar-refractivity contribution in [3.8, 4) is 0 Å². The van der Waals surface area contributed by atoms with Crippen molar-refractivity contribution >= 4 is 28.4 Å². The third-order valence-corrected chi connectivity index (χ3v) is 5.58. The lowest BCUT2D eigenvalue weighted by atomic mass is 10.0. The van der Waals surface area contributed by atoms with E-state index in [0.29, 0.717) is 17.8 Å². The van der Waals surface area contributed by atoms with E-state index in [1.165, 1.54) is 16.5 Å². The molecule has 33 heavy (non-hydrogen) atoms. The number of aromatic amines is 1. The van der Waals surface area contributed by atoms with Gasteiger partial charge in [-0.1, -0.05) is 23.8 Å². The second kappa shape index (κ2) is 10.1. The van der Waals surface area contributed by atoms with Gasteiger partial charge in [-0.25, -0.2) is 0 Å². The van der Waals surface area contributed by atoms with Crippen molar-refractivity contribution in [2.45, 2.75) is 25.8 Å². The molecule has 1 unspecified atom stereocenters. The molecule has 0 aliphatic carbocycles. The van der Waals surface area contributed by atoms with Gasteiger partial charge in [0.15, 0.2) is 0 Å². The molecular weight excluding hydrogens is 414 g/mol. The SMILES string of the molecule is Cc1ccc2[nH]cc(CCNC(=O)CC(N)c3ccc(C(=O)Nc4ccncc4)cc3)c2c1. The number of benzene rings is 2. The van der Waals surface area contributed by atoms with Crippen LogP contribution in [0.4, 0.5) is 5.69 Å². The second-order valence-electron chi connectivity index (χ2n) is 8.09. The van der Waals surface area contributed by atoms with Gasteiger partial charge in [-0.2, -0.15) is 0 Å². The smallest absolute Gasteiger partial charge is 0.255 e. The number of nitrogens with zero attached hydrogens (tertiary/aromatic N) is 1. The molecule has 0 aliphatic heterocycles. The minimum atomic E-state index is -0.446. The maximum absolute atomic E-state index is 12.4. The molecule has 4 aromatic rings. The maximum Gasteiger partial charge on any atom is 0.255 e. The van der Waals surface area contributed by atoms with E-state index in [9.17, 15) is 9.59 Å². The van der Waals surface area contributed by atoms with Crippen molar-refractivity contribution in [2.75, 3.05) is 11.9 Å². The van der Waals surface area contributed by atoms with E-state index in [0.717, 1.165) is 17.5 Å². The number of hydrogen-bond donors (Lipinski definition) is 4. The molecule has 0 saturated heterocycles. The molecule has 0 saturated carbocycles. The Morgan fingerprint density at radius 3 is 2.58 bits per heavy atom. The van der Waals surface area contributed by atoms with Crippen LogP contribution in [0.15, 0.2) is 73.2 Å². The molecule has 0 radical (unpaired) electrons. The normalized spacial score (nSPS) is 11.8. The summed E-state index contributed by atoms with van der Waals surface area (Å²) in [4.78, 5) is 31.9. The number of amides is 2. The Morgan fingerprint density at radius 2 is 1.82 bits per heavy atom. The summed E-state index contributed by atoms with van der Waals surface area (Å²) in [7, 11) is 0. The molecule has 1 atom stereocenters. The van der Waals surface area contributed by atoms with Crippen LogP contribution >= 0.6 is 0 Å². The summed E-state index contributed by atoms with van der Waals surface area (Å²) < 4.78 is 0. The van der Waals surface area contributed by atoms with Gasteiger partial charge in [-0.15, -0.1) is 0 Å². The first-order valence-electron chi connectivity index (χ1n) is 10.9. The van der Waals surface area contributed by atoms with Crippen molar-refractivity contribution in [1.29, 1.82) is 0 Å². The lowest BCUT2D eigenvalue weighted by molar-refractivity contribution is -0.121. The van der Waals surface area contributed by atoms with Crippen LogP contribution in [0.3, 0.4) is 0 Å². The molecule has 0 aliphatic rings. The highest BCUT2D eigenvalue weighted by Gasteiger charge is 2.13. The minimum Gasteiger partial charge on any atom is -0.361 e. The summed E-state index contributed by atoms with van der Waals surface area (Å²) in [6.45, 7) is 2.61. The standard InChI is InChI=1S/C26H27N5O2/c1-17-2-7-24-22(14-17)20(16-30-24)8-13-29-25(32)15-23(27)18-3-5-19(6-4-18)26(33)31-21-9-11-28-12-10-21/h2-7,9-12,14,16,23,30H,8,13,15,27H2,1H3,(H,29,32)(H,28,31,33). The largest absolute Gasteiger partial charge is 0.361 e. The number of nitrogens with two attached hydrogens (primary N) is 1. The number of anilines is 1. The molecular formula is C26H27N5O2. The van der Waals surface area contributed by atoms with Crippen molar-refractivity contribution in [1.82, 2.24) is 15.3 Å². The van der Waals surface area contributed by atoms with Crippen molar-refractivity contribution in [3.05, 3.63) is 95.4 Å². The number of nitrogens with one attached hydrogen (secondary N) is 3. The fourth-order valence-corrected chi connectivity index (χ4v) is 3.75. The fraction of sp³-hybridized carbons (Fsp3) is 0.192. The van der Waals surface area contributed by atoms with Gasteiger partial charge in [0.25, 0.3) is 5.91 Å². The van der Waals surface area contributed by atoms with E-state index >= 15 is 0 Å². The number of aromatic nitrogens is 2. The molecule has 2 aromatic carbocycles. The Labute approximate surface area is 192 Å². The van der Waals surface area contributed by atoms with Gasteiger partial charge in [0.1, 0.15) is 0 Å². The zero-order valence-electron chi connectivity index (χ0n) is 18.5. The third-order valence-electron chi connectivity index (χ3n) is 5.58. The molecule has 168 valence electrons. The van der Waals surface area contributed by atoms with Crippen LogP contribution in [0.25, 0.3) is 10.9 Å². The van der Waals surface area contributed by atoms with Gasteiger partial charge in [-0.3, -0.25) is 14.6 Å². The highest BCUT2D eigenvalue weighted by Crippen LogP contribution is 2.20. The van der Waals surface area contributed by atoms with E-state index in [1.807, 2.05) is 6.20 Å². The molecule has 7 nitrogen and oxygen atoms in total. The lowest BCUT2D eigenvalue weighted by Gasteiger charge is -2.13. The molecule has 7 heteroatoms. The quantitative estimate of drug-likeness (QED) is 0.332. The average molecular weight is 442 g/mol. The van der Waals surface area contributed by atoms with Crippen LogP contribution < -0.4 is 16.4 Å². The summed E-state index contributed by atoms with van der Waals surface area (Å²) in [6.07, 6.45) is 6.14. The van der Waals surface area contributed by atoms with E-state index in [1.54, 1.807) is 48.8 Å². The Balaban J connectivity index is 1.26. The second-order valence-corrected chi connectivity index (χ2v) is 8.09. The molecule has 0 spiro atoms. The number of carbonyl (C=O) groups is 2. The Morgan fingerprint density at radius 1 is 1.06 bits per heavy atom. The number of H-pyrrole nitrogens is 1. The molecule has 2 aromatic heterocycles. The first-order chi connectivity index (χ1) is 16.0. The zero-order chi connectivity index (χ0) is 23.2. The summed E-state index contributed by atoms with van der Waals surface area (Å²) >= 11 is 0. The van der Waals surface area contributed by atoms with Gasteiger partial charge in [0.05, 0.1) is 0 Å². The molecule has 0 fully saturated rings. The van der Waals surface area contributed by atoms with E-state index in [-0.39, 0.29) is 18.2 Å². The number of carbonyl (C=O) groups excluding carboxylic acids is 2. The van der Waals surface area contributed by atoms with Crippen LogP contribution in [-0.2, 0) is 11.2 Å². The van der Waals surface area contributed by atoms with Gasteiger partial charge >= 0.3 is 0 Å². The van der Waals surface area contributed by atoms with E-state index < -0.39 is 6.04 Å². The number of rotatable bonds is 8. The predicted molar refractivity (Wildman–Crippen MR) is 130 cm³/mol. The van der Waals surface area contributed by atoms with Crippen LogP contribution in [-0.4, -0.2) is 28.3 Å². The van der Waals surface area contributed by atoms with Crippen LogP contribution in [0, 0.1) is 6.92 Å². The molecule has 4 rings (SSSR count). The summed E-state index contributed by atoms with van der Waals surface area (Å²) in [5, 5.41) is 6.96. The maximum atomic E-state index is 12.4. The van der Waals surface area contributed by atoms with Crippen molar-refractivity contribution < 1.29 is 9.59 Å². The summed E-state index contributed by atoms with van der Waals surface area (Å²) in [5.74, 6) is -0.315. The Kier molecular flexibility index (Phi) is 6.80. The number of pyridine rings is 1. The minimum absolute atomic E-state index is 0.0990. The number of aryl methyl sites for hydroxylation is 1. The van der Waals surface area contributed by atoms with Gasteiger partial charge in [0.2, 0.25) is 5.91 Å². The van der Waals surface area contributed by atoms with Crippen molar-refractivity contribution in [2.24, 2.45) is 5.73 Å². The molecule has 2 amide bonds. The molecule has 0 bridgehead atoms. The highest BCUT2D eigenvalue weighted by molar-refractivity contribution is 6.04. The lowest BCUT2D eigenvalue weighted by Crippen LogP contribution is -2.29. The van der Waals surface area contributed by atoms with Gasteiger partial charge in [0, 0.05) is 59.8 Å². The Hall–Kier alpha value is -3.97. The zero-order valence-corrected chi connectivity index (χ0v) is 18.5. The van der Waals surface area contributed by atoms with E-state index in [4.69, 9.17) is 5.73 Å². The Bertz CT molecular complexity index is 1250. The summed E-state index contributed by atoms with van der Waals surface area (Å²) in [6, 6.07) is 16.3. The number of fused-ring (bicyclic) bond motifs is 1. The van der Waals surface area contributed by atoms with Gasteiger partial charge in [-0.05, 0) is 60.9 Å². The summed E-state index contributed by atoms with van der Waals surface area (Å²) in [5.41, 5.74) is 11.7. The average Bonchev–Trinajstić information content (AvgIpc) is 3.21.